The number of pyridine rings is 1. The summed E-state index contributed by atoms with van der Waals surface area (Å²) in [5, 5.41) is 0.861. The zero-order valence-corrected chi connectivity index (χ0v) is 18.1. The first kappa shape index (κ1) is 20.8. The van der Waals surface area contributed by atoms with Crippen molar-refractivity contribution >= 4 is 20.7 Å². The molecule has 0 radical (unpaired) electrons. The minimum Gasteiger partial charge on any atom is -0.489 e. The van der Waals surface area contributed by atoms with Gasteiger partial charge in [0.15, 0.2) is 9.84 Å². The fourth-order valence-corrected chi connectivity index (χ4v) is 4.46. The number of aromatic nitrogens is 2. The van der Waals surface area contributed by atoms with Crippen molar-refractivity contribution in [3.63, 3.8) is 0 Å². The SMILES string of the molecule is COCCN1CCC(Oc2ccc(-n3ccc4cc(S(C)(=O)=O)ccc43)nc2)CC1. The molecule has 8 heteroatoms. The Labute approximate surface area is 177 Å². The number of nitrogens with zero attached hydrogens (tertiary/aromatic N) is 3. The molecule has 0 bridgehead atoms. The highest BCUT2D eigenvalue weighted by Gasteiger charge is 2.20. The molecule has 3 heterocycles. The predicted octanol–water partition coefficient (Wildman–Crippen LogP) is 2.92. The van der Waals surface area contributed by atoms with Gasteiger partial charge >= 0.3 is 0 Å². The molecule has 0 N–H and O–H groups in total. The number of hydrogen-bond donors (Lipinski definition) is 0. The molecule has 0 amide bonds. The van der Waals surface area contributed by atoms with Crippen LogP contribution in [-0.2, 0) is 14.6 Å². The van der Waals surface area contributed by atoms with Crippen LogP contribution in [-0.4, -0.2) is 68.6 Å². The van der Waals surface area contributed by atoms with E-state index in [4.69, 9.17) is 9.47 Å². The highest BCUT2D eigenvalue weighted by molar-refractivity contribution is 7.90. The summed E-state index contributed by atoms with van der Waals surface area (Å²) >= 11 is 0. The lowest BCUT2D eigenvalue weighted by Gasteiger charge is -2.31. The maximum Gasteiger partial charge on any atom is 0.175 e. The van der Waals surface area contributed by atoms with Crippen molar-refractivity contribution in [3.05, 3.63) is 48.8 Å². The summed E-state index contributed by atoms with van der Waals surface area (Å²) in [4.78, 5) is 7.27. The normalized spacial score (nSPS) is 16.2. The zero-order chi connectivity index (χ0) is 21.1. The minimum absolute atomic E-state index is 0.207. The molecule has 1 fully saturated rings. The molecule has 1 aromatic carbocycles. The number of benzene rings is 1. The number of likely N-dealkylation sites (tertiary alicyclic amines) is 1. The number of sulfone groups is 1. The van der Waals surface area contributed by atoms with Crippen LogP contribution in [0.4, 0.5) is 0 Å². The molecule has 30 heavy (non-hydrogen) atoms. The van der Waals surface area contributed by atoms with Crippen LogP contribution in [0.3, 0.4) is 0 Å². The fraction of sp³-hybridized carbons (Fsp3) is 0.409. The second-order valence-electron chi connectivity index (χ2n) is 7.68. The van der Waals surface area contributed by atoms with Crippen molar-refractivity contribution in [1.82, 2.24) is 14.5 Å². The number of fused-ring (bicyclic) bond motifs is 1. The van der Waals surface area contributed by atoms with Crippen LogP contribution in [0, 0.1) is 0 Å². The predicted molar refractivity (Wildman–Crippen MR) is 116 cm³/mol. The Hall–Kier alpha value is -2.42. The van der Waals surface area contributed by atoms with E-state index < -0.39 is 9.84 Å². The fourth-order valence-electron chi connectivity index (χ4n) is 3.80. The largest absolute Gasteiger partial charge is 0.489 e. The molecule has 0 atom stereocenters. The number of piperidine rings is 1. The van der Waals surface area contributed by atoms with Crippen molar-refractivity contribution in [2.75, 3.05) is 39.6 Å². The molecule has 4 rings (SSSR count). The van der Waals surface area contributed by atoms with Gasteiger partial charge in [-0.2, -0.15) is 0 Å². The van der Waals surface area contributed by atoms with Crippen molar-refractivity contribution in [2.24, 2.45) is 0 Å². The van der Waals surface area contributed by atoms with Crippen LogP contribution in [0.25, 0.3) is 16.7 Å². The van der Waals surface area contributed by atoms with Crippen LogP contribution in [0.2, 0.25) is 0 Å². The molecule has 0 spiro atoms. The van der Waals surface area contributed by atoms with Crippen molar-refractivity contribution in [1.29, 1.82) is 0 Å². The third-order valence-electron chi connectivity index (χ3n) is 5.51. The summed E-state index contributed by atoms with van der Waals surface area (Å²) in [7, 11) is -1.50. The van der Waals surface area contributed by atoms with Gasteiger partial charge in [0.05, 0.1) is 23.2 Å². The van der Waals surface area contributed by atoms with E-state index in [0.717, 1.165) is 61.6 Å². The number of ether oxygens (including phenoxy) is 2. The van der Waals surface area contributed by atoms with Gasteiger partial charge in [0.2, 0.25) is 0 Å². The van der Waals surface area contributed by atoms with Crippen LogP contribution in [0.15, 0.2) is 53.7 Å². The van der Waals surface area contributed by atoms with Gasteiger partial charge in [0.25, 0.3) is 0 Å². The molecule has 3 aromatic rings. The molecule has 0 saturated carbocycles. The molecule has 7 nitrogen and oxygen atoms in total. The number of rotatable bonds is 7. The van der Waals surface area contributed by atoms with Gasteiger partial charge in [-0.1, -0.05) is 0 Å². The van der Waals surface area contributed by atoms with Gasteiger partial charge in [-0.15, -0.1) is 0 Å². The highest BCUT2D eigenvalue weighted by Crippen LogP contribution is 2.24. The lowest BCUT2D eigenvalue weighted by Crippen LogP contribution is -2.39. The Kier molecular flexibility index (Phi) is 6.08. The highest BCUT2D eigenvalue weighted by atomic mass is 32.2. The minimum atomic E-state index is -3.23. The van der Waals surface area contributed by atoms with Gasteiger partial charge < -0.3 is 18.9 Å². The van der Waals surface area contributed by atoms with E-state index >= 15 is 0 Å². The monoisotopic (exact) mass is 429 g/mol. The van der Waals surface area contributed by atoms with Crippen molar-refractivity contribution in [3.8, 4) is 11.6 Å². The van der Waals surface area contributed by atoms with Gasteiger partial charge in [0, 0.05) is 44.6 Å². The van der Waals surface area contributed by atoms with Gasteiger partial charge in [-0.3, -0.25) is 0 Å². The summed E-state index contributed by atoms with van der Waals surface area (Å²) < 4.78 is 36.8. The number of methoxy groups -OCH3 is 1. The van der Waals surface area contributed by atoms with Crippen LogP contribution in [0.1, 0.15) is 12.8 Å². The standard InChI is InChI=1S/C22H27N3O4S/c1-28-14-13-24-10-8-18(9-11-24)29-19-3-6-22(23-16-19)25-12-7-17-15-20(30(2,26)27)4-5-21(17)25/h3-7,12,15-16,18H,8-11,13-14H2,1-2H3. The van der Waals surface area contributed by atoms with E-state index in [1.54, 1.807) is 25.4 Å². The summed E-state index contributed by atoms with van der Waals surface area (Å²) in [6, 6.07) is 10.9. The molecule has 0 unspecified atom stereocenters. The maximum atomic E-state index is 11.8. The van der Waals surface area contributed by atoms with E-state index in [1.165, 1.54) is 6.26 Å². The van der Waals surface area contributed by atoms with E-state index in [2.05, 4.69) is 9.88 Å². The summed E-state index contributed by atoms with van der Waals surface area (Å²) in [5.41, 5.74) is 0.909. The Morgan fingerprint density at radius 2 is 1.93 bits per heavy atom. The summed E-state index contributed by atoms with van der Waals surface area (Å²) in [5.74, 6) is 1.53. The summed E-state index contributed by atoms with van der Waals surface area (Å²) in [6.45, 7) is 3.77. The molecular weight excluding hydrogens is 402 g/mol. The lowest BCUT2D eigenvalue weighted by molar-refractivity contribution is 0.0795. The lowest BCUT2D eigenvalue weighted by atomic mass is 10.1. The Balaban J connectivity index is 1.43. The van der Waals surface area contributed by atoms with Crippen LogP contribution in [0.5, 0.6) is 5.75 Å². The van der Waals surface area contributed by atoms with E-state index in [-0.39, 0.29) is 6.10 Å². The first-order chi connectivity index (χ1) is 14.4. The molecule has 1 aliphatic rings. The molecule has 1 saturated heterocycles. The Morgan fingerprint density at radius 1 is 1.13 bits per heavy atom. The molecule has 160 valence electrons. The van der Waals surface area contributed by atoms with Crippen LogP contribution >= 0.6 is 0 Å². The van der Waals surface area contributed by atoms with Crippen molar-refractivity contribution < 1.29 is 17.9 Å². The molecule has 1 aliphatic heterocycles. The zero-order valence-electron chi connectivity index (χ0n) is 17.3. The smallest absolute Gasteiger partial charge is 0.175 e. The second kappa shape index (κ2) is 8.75. The van der Waals surface area contributed by atoms with Gasteiger partial charge in [-0.05, 0) is 49.2 Å². The Bertz CT molecular complexity index is 1100. The van der Waals surface area contributed by atoms with E-state index in [0.29, 0.717) is 4.90 Å². The number of hydrogen-bond acceptors (Lipinski definition) is 6. The topological polar surface area (TPSA) is 73.7 Å². The first-order valence-corrected chi connectivity index (χ1v) is 12.0. The molecular formula is C22H27N3O4S. The average Bonchev–Trinajstić information content (AvgIpc) is 3.16. The second-order valence-corrected chi connectivity index (χ2v) is 9.70. The third-order valence-corrected chi connectivity index (χ3v) is 6.62. The molecule has 2 aromatic heterocycles. The van der Waals surface area contributed by atoms with E-state index in [1.807, 2.05) is 35.0 Å². The first-order valence-electron chi connectivity index (χ1n) is 10.1. The third kappa shape index (κ3) is 4.66. The molecule has 0 aliphatic carbocycles. The van der Waals surface area contributed by atoms with Crippen LogP contribution < -0.4 is 4.74 Å². The maximum absolute atomic E-state index is 11.8. The Morgan fingerprint density at radius 3 is 2.60 bits per heavy atom. The quantitative estimate of drug-likeness (QED) is 0.575. The van der Waals surface area contributed by atoms with Crippen molar-refractivity contribution in [2.45, 2.75) is 23.8 Å². The average molecular weight is 430 g/mol. The summed E-state index contributed by atoms with van der Waals surface area (Å²) in [6.07, 6.45) is 7.07. The van der Waals surface area contributed by atoms with E-state index in [9.17, 15) is 8.42 Å². The van der Waals surface area contributed by atoms with Gasteiger partial charge in [0.1, 0.15) is 17.7 Å². The van der Waals surface area contributed by atoms with Gasteiger partial charge in [-0.25, -0.2) is 13.4 Å².